The zero-order valence-corrected chi connectivity index (χ0v) is 26.5. The Balaban J connectivity index is 3.56. The minimum absolute atomic E-state index is 0.0603. The number of esters is 2. The third kappa shape index (κ3) is 28.2. The van der Waals surface area contributed by atoms with Crippen molar-refractivity contribution in [2.24, 2.45) is 11.8 Å². The summed E-state index contributed by atoms with van der Waals surface area (Å²) in [7, 11) is 0. The van der Waals surface area contributed by atoms with Crippen molar-refractivity contribution in [3.05, 3.63) is 0 Å². The third-order valence-electron chi connectivity index (χ3n) is 7.87. The number of rotatable bonds is 29. The summed E-state index contributed by atoms with van der Waals surface area (Å²) in [6.07, 6.45) is 25.8. The molecule has 0 aromatic carbocycles. The first-order valence-corrected chi connectivity index (χ1v) is 16.8. The SMILES string of the molecule is CCC(C)CCCCCCCCCCCCC(=O)OC[C@H](CO)OC(=O)CCCCCCCCCCC(C)C. The Morgan fingerprint density at radius 1 is 0.590 bits per heavy atom. The molecule has 0 amide bonds. The summed E-state index contributed by atoms with van der Waals surface area (Å²) < 4.78 is 10.5. The monoisotopic (exact) mass is 554 g/mol. The van der Waals surface area contributed by atoms with E-state index in [9.17, 15) is 14.7 Å². The second-order valence-electron chi connectivity index (χ2n) is 12.3. The summed E-state index contributed by atoms with van der Waals surface area (Å²) >= 11 is 0. The van der Waals surface area contributed by atoms with Crippen LogP contribution in [0.5, 0.6) is 0 Å². The summed E-state index contributed by atoms with van der Waals surface area (Å²) in [5.41, 5.74) is 0. The van der Waals surface area contributed by atoms with Gasteiger partial charge in [-0.15, -0.1) is 0 Å². The van der Waals surface area contributed by atoms with Crippen LogP contribution in [0.1, 0.15) is 175 Å². The number of hydrogen-bond acceptors (Lipinski definition) is 5. The predicted molar refractivity (Wildman–Crippen MR) is 164 cm³/mol. The van der Waals surface area contributed by atoms with Crippen molar-refractivity contribution in [3.8, 4) is 0 Å². The van der Waals surface area contributed by atoms with Crippen molar-refractivity contribution in [2.75, 3.05) is 13.2 Å². The van der Waals surface area contributed by atoms with Crippen LogP contribution in [0.3, 0.4) is 0 Å². The molecule has 0 aliphatic heterocycles. The van der Waals surface area contributed by atoms with E-state index in [0.29, 0.717) is 12.8 Å². The van der Waals surface area contributed by atoms with Crippen molar-refractivity contribution < 1.29 is 24.2 Å². The van der Waals surface area contributed by atoms with Gasteiger partial charge >= 0.3 is 11.9 Å². The van der Waals surface area contributed by atoms with Crippen LogP contribution in [-0.2, 0) is 19.1 Å². The third-order valence-corrected chi connectivity index (χ3v) is 7.87. The molecule has 0 bridgehead atoms. The molecular weight excluding hydrogens is 488 g/mol. The van der Waals surface area contributed by atoms with Gasteiger partial charge in [0.05, 0.1) is 6.61 Å². The Bertz CT molecular complexity index is 548. The first-order valence-electron chi connectivity index (χ1n) is 16.8. The molecule has 1 unspecified atom stereocenters. The highest BCUT2D eigenvalue weighted by atomic mass is 16.6. The van der Waals surface area contributed by atoms with Gasteiger partial charge in [-0.2, -0.15) is 0 Å². The standard InChI is InChI=1S/C34H66O5/c1-5-31(4)25-21-17-13-8-6-7-9-14-18-22-26-33(36)38-29-32(28-35)39-34(37)27-23-19-15-11-10-12-16-20-24-30(2)3/h30-32,35H,5-29H2,1-4H3/t31?,32-/m0/s1. The molecular formula is C34H66O5. The zero-order valence-electron chi connectivity index (χ0n) is 26.5. The van der Waals surface area contributed by atoms with Crippen LogP contribution < -0.4 is 0 Å². The molecule has 0 saturated heterocycles. The van der Waals surface area contributed by atoms with Gasteiger partial charge in [-0.05, 0) is 24.7 Å². The molecule has 0 aliphatic carbocycles. The van der Waals surface area contributed by atoms with Gasteiger partial charge in [-0.1, -0.05) is 150 Å². The minimum atomic E-state index is -0.762. The van der Waals surface area contributed by atoms with Crippen LogP contribution in [0.4, 0.5) is 0 Å². The molecule has 0 fully saturated rings. The molecule has 0 aromatic heterocycles. The van der Waals surface area contributed by atoms with Crippen molar-refractivity contribution in [1.29, 1.82) is 0 Å². The first-order chi connectivity index (χ1) is 18.9. The maximum atomic E-state index is 12.1. The molecule has 2 atom stereocenters. The van der Waals surface area contributed by atoms with Crippen molar-refractivity contribution in [3.63, 3.8) is 0 Å². The molecule has 5 nitrogen and oxygen atoms in total. The van der Waals surface area contributed by atoms with Crippen LogP contribution in [0.25, 0.3) is 0 Å². The number of carbonyl (C=O) groups excluding carboxylic acids is 2. The highest BCUT2D eigenvalue weighted by molar-refractivity contribution is 5.70. The largest absolute Gasteiger partial charge is 0.462 e. The number of hydrogen-bond donors (Lipinski definition) is 1. The van der Waals surface area contributed by atoms with E-state index in [1.807, 2.05) is 0 Å². The highest BCUT2D eigenvalue weighted by Gasteiger charge is 2.16. The van der Waals surface area contributed by atoms with E-state index in [1.165, 1.54) is 96.3 Å². The molecule has 1 N–H and O–H groups in total. The summed E-state index contributed by atoms with van der Waals surface area (Å²) in [6, 6.07) is 0. The Hall–Kier alpha value is -1.10. The highest BCUT2D eigenvalue weighted by Crippen LogP contribution is 2.16. The topological polar surface area (TPSA) is 72.8 Å². The fourth-order valence-electron chi connectivity index (χ4n) is 4.89. The quantitative estimate of drug-likeness (QED) is 0.0736. The molecule has 5 heteroatoms. The van der Waals surface area contributed by atoms with Crippen LogP contribution >= 0.6 is 0 Å². The van der Waals surface area contributed by atoms with E-state index in [-0.39, 0.29) is 25.2 Å². The maximum absolute atomic E-state index is 12.1. The van der Waals surface area contributed by atoms with E-state index >= 15 is 0 Å². The van der Waals surface area contributed by atoms with E-state index in [1.54, 1.807) is 0 Å². The fraction of sp³-hybridized carbons (Fsp3) is 0.941. The van der Waals surface area contributed by atoms with Crippen LogP contribution in [0.15, 0.2) is 0 Å². The van der Waals surface area contributed by atoms with Gasteiger partial charge in [0, 0.05) is 12.8 Å². The number of aliphatic hydroxyl groups excluding tert-OH is 1. The van der Waals surface area contributed by atoms with Crippen molar-refractivity contribution in [1.82, 2.24) is 0 Å². The van der Waals surface area contributed by atoms with Crippen LogP contribution in [0.2, 0.25) is 0 Å². The molecule has 0 aromatic rings. The molecule has 0 rings (SSSR count). The molecule has 0 radical (unpaired) electrons. The van der Waals surface area contributed by atoms with Gasteiger partial charge in [0.2, 0.25) is 0 Å². The van der Waals surface area contributed by atoms with Gasteiger partial charge in [-0.3, -0.25) is 9.59 Å². The smallest absolute Gasteiger partial charge is 0.306 e. The van der Waals surface area contributed by atoms with Crippen LogP contribution in [0, 0.1) is 11.8 Å². The molecule has 0 heterocycles. The predicted octanol–water partition coefficient (Wildman–Crippen LogP) is 9.72. The molecule has 0 spiro atoms. The first kappa shape index (κ1) is 37.9. The number of carbonyl (C=O) groups is 2. The van der Waals surface area contributed by atoms with E-state index in [4.69, 9.17) is 9.47 Å². The summed E-state index contributed by atoms with van der Waals surface area (Å²) in [5.74, 6) is 1.10. The number of aliphatic hydroxyl groups is 1. The second kappa shape index (κ2) is 28.4. The lowest BCUT2D eigenvalue weighted by Crippen LogP contribution is -2.28. The lowest BCUT2D eigenvalue weighted by molar-refractivity contribution is -0.161. The molecule has 0 saturated carbocycles. The summed E-state index contributed by atoms with van der Waals surface area (Å²) in [5, 5.41) is 9.49. The lowest BCUT2D eigenvalue weighted by atomic mass is 9.99. The molecule has 39 heavy (non-hydrogen) atoms. The zero-order chi connectivity index (χ0) is 29.0. The van der Waals surface area contributed by atoms with E-state index in [2.05, 4.69) is 27.7 Å². The Morgan fingerprint density at radius 3 is 1.44 bits per heavy atom. The van der Waals surface area contributed by atoms with Gasteiger partial charge in [0.15, 0.2) is 6.10 Å². The van der Waals surface area contributed by atoms with E-state index < -0.39 is 6.10 Å². The van der Waals surface area contributed by atoms with Gasteiger partial charge in [-0.25, -0.2) is 0 Å². The summed E-state index contributed by atoms with van der Waals surface area (Å²) in [4.78, 5) is 24.1. The van der Waals surface area contributed by atoms with Crippen molar-refractivity contribution in [2.45, 2.75) is 181 Å². The Labute approximate surface area is 242 Å². The van der Waals surface area contributed by atoms with Gasteiger partial charge in [0.1, 0.15) is 6.61 Å². The minimum Gasteiger partial charge on any atom is -0.462 e. The average molecular weight is 555 g/mol. The fourth-order valence-corrected chi connectivity index (χ4v) is 4.89. The number of unbranched alkanes of at least 4 members (excludes halogenated alkanes) is 16. The summed E-state index contributed by atoms with van der Waals surface area (Å²) in [6.45, 7) is 8.80. The maximum Gasteiger partial charge on any atom is 0.306 e. The average Bonchev–Trinajstić information content (AvgIpc) is 2.92. The molecule has 232 valence electrons. The van der Waals surface area contributed by atoms with Crippen molar-refractivity contribution >= 4 is 11.9 Å². The number of ether oxygens (including phenoxy) is 2. The Morgan fingerprint density at radius 2 is 1.00 bits per heavy atom. The van der Waals surface area contributed by atoms with Gasteiger partial charge < -0.3 is 14.6 Å². The van der Waals surface area contributed by atoms with E-state index in [0.717, 1.165) is 50.4 Å². The lowest BCUT2D eigenvalue weighted by Gasteiger charge is -2.15. The Kier molecular flexibility index (Phi) is 27.6. The van der Waals surface area contributed by atoms with Gasteiger partial charge in [0.25, 0.3) is 0 Å². The normalized spacial score (nSPS) is 13.0. The van der Waals surface area contributed by atoms with Crippen LogP contribution in [-0.4, -0.2) is 36.4 Å². The second-order valence-corrected chi connectivity index (χ2v) is 12.3. The molecule has 0 aliphatic rings.